The molecule has 1 aliphatic heterocycles. The van der Waals surface area contributed by atoms with Crippen LogP contribution in [0, 0.1) is 25.6 Å². The lowest BCUT2D eigenvalue weighted by Crippen LogP contribution is -2.41. The number of carbonyl (C=O) groups excluding carboxylic acids is 1. The Morgan fingerprint density at radius 2 is 1.97 bits per heavy atom. The van der Waals surface area contributed by atoms with Crippen molar-refractivity contribution in [3.8, 4) is 11.1 Å². The van der Waals surface area contributed by atoms with Gasteiger partial charge in [0, 0.05) is 48.7 Å². The van der Waals surface area contributed by atoms with Crippen LogP contribution in [0.2, 0.25) is 0 Å². The summed E-state index contributed by atoms with van der Waals surface area (Å²) in [6.45, 7) is 8.24. The Kier molecular flexibility index (Phi) is 6.04. The number of hydrogen-bond acceptors (Lipinski definition) is 4. The van der Waals surface area contributed by atoms with Crippen LogP contribution in [0.3, 0.4) is 0 Å². The zero-order valence-corrected chi connectivity index (χ0v) is 18.0. The molecular formula is C24H30FN3O2. The number of aromatic nitrogens is 1. The molecule has 2 aliphatic rings. The van der Waals surface area contributed by atoms with Crippen LogP contribution in [-0.4, -0.2) is 36.7 Å². The van der Waals surface area contributed by atoms with Crippen LogP contribution in [0.4, 0.5) is 10.1 Å². The van der Waals surface area contributed by atoms with Gasteiger partial charge in [0.1, 0.15) is 5.82 Å². The summed E-state index contributed by atoms with van der Waals surface area (Å²) in [5, 5.41) is 3.01. The van der Waals surface area contributed by atoms with Gasteiger partial charge in [-0.1, -0.05) is 0 Å². The van der Waals surface area contributed by atoms with Crippen molar-refractivity contribution >= 4 is 11.6 Å². The summed E-state index contributed by atoms with van der Waals surface area (Å²) in [4.78, 5) is 18.9. The maximum absolute atomic E-state index is 15.5. The highest BCUT2D eigenvalue weighted by atomic mass is 19.1. The summed E-state index contributed by atoms with van der Waals surface area (Å²) in [6.07, 6.45) is 2.93. The summed E-state index contributed by atoms with van der Waals surface area (Å²) in [5.41, 5.74) is 4.66. The number of rotatable bonds is 6. The third-order valence-corrected chi connectivity index (χ3v) is 5.78. The molecule has 1 saturated carbocycles. The minimum absolute atomic E-state index is 0.0383. The number of amides is 1. The third-order valence-electron chi connectivity index (χ3n) is 5.78. The fourth-order valence-corrected chi connectivity index (χ4v) is 4.17. The average Bonchev–Trinajstić information content (AvgIpc) is 3.49. The first-order valence-corrected chi connectivity index (χ1v) is 10.8. The maximum Gasteiger partial charge on any atom is 0.220 e. The molecule has 1 aromatic carbocycles. The van der Waals surface area contributed by atoms with Crippen molar-refractivity contribution in [2.24, 2.45) is 5.92 Å². The number of pyridine rings is 1. The van der Waals surface area contributed by atoms with E-state index in [0.29, 0.717) is 31.1 Å². The standard InChI is InChI=1S/C24H30FN3O2/c1-15-8-19(9-16(2)27-15)24-20(13-26-23(29)10-18-4-5-18)11-21(12-22(24)25)28-6-7-30-17(3)14-28/h8-9,11-12,17-18H,4-7,10,13-14H2,1-3H3,(H,26,29). The van der Waals surface area contributed by atoms with Gasteiger partial charge in [0.15, 0.2) is 0 Å². The summed E-state index contributed by atoms with van der Waals surface area (Å²) in [5.74, 6) is 0.285. The van der Waals surface area contributed by atoms with E-state index in [1.54, 1.807) is 6.07 Å². The molecule has 0 bridgehead atoms. The van der Waals surface area contributed by atoms with E-state index in [4.69, 9.17) is 4.74 Å². The Morgan fingerprint density at radius 3 is 2.63 bits per heavy atom. The van der Waals surface area contributed by atoms with Gasteiger partial charge in [0.25, 0.3) is 0 Å². The lowest BCUT2D eigenvalue weighted by atomic mass is 9.97. The zero-order valence-electron chi connectivity index (χ0n) is 18.0. The van der Waals surface area contributed by atoms with Gasteiger partial charge in [0.05, 0.1) is 12.7 Å². The molecule has 1 atom stereocenters. The van der Waals surface area contributed by atoms with Gasteiger partial charge >= 0.3 is 0 Å². The average molecular weight is 412 g/mol. The number of morpholine rings is 1. The highest BCUT2D eigenvalue weighted by Gasteiger charge is 2.25. The van der Waals surface area contributed by atoms with E-state index >= 15 is 4.39 Å². The normalized spacial score (nSPS) is 19.1. The second kappa shape index (κ2) is 8.72. The van der Waals surface area contributed by atoms with Crippen molar-refractivity contribution in [3.05, 3.63) is 47.0 Å². The van der Waals surface area contributed by atoms with E-state index in [1.165, 1.54) is 0 Å². The molecule has 0 spiro atoms. The van der Waals surface area contributed by atoms with Crippen LogP contribution in [0.5, 0.6) is 0 Å². The van der Waals surface area contributed by atoms with Gasteiger partial charge in [-0.25, -0.2) is 4.39 Å². The number of ether oxygens (including phenoxy) is 1. The van der Waals surface area contributed by atoms with E-state index in [9.17, 15) is 4.79 Å². The maximum atomic E-state index is 15.5. The van der Waals surface area contributed by atoms with E-state index in [-0.39, 0.29) is 17.8 Å². The van der Waals surface area contributed by atoms with E-state index in [2.05, 4.69) is 15.2 Å². The van der Waals surface area contributed by atoms with Crippen molar-refractivity contribution < 1.29 is 13.9 Å². The first kappa shape index (κ1) is 20.8. The van der Waals surface area contributed by atoms with Crippen molar-refractivity contribution in [1.29, 1.82) is 0 Å². The second-order valence-electron chi connectivity index (χ2n) is 8.65. The molecule has 0 radical (unpaired) electrons. The summed E-state index contributed by atoms with van der Waals surface area (Å²) in [7, 11) is 0. The van der Waals surface area contributed by atoms with Crippen LogP contribution < -0.4 is 10.2 Å². The number of hydrogen-bond donors (Lipinski definition) is 1. The number of carbonyl (C=O) groups is 1. The fourth-order valence-electron chi connectivity index (χ4n) is 4.17. The van der Waals surface area contributed by atoms with Gasteiger partial charge in [-0.05, 0) is 74.9 Å². The summed E-state index contributed by atoms with van der Waals surface area (Å²) in [6, 6.07) is 7.42. The summed E-state index contributed by atoms with van der Waals surface area (Å²) >= 11 is 0. The first-order valence-electron chi connectivity index (χ1n) is 10.8. The molecule has 5 nitrogen and oxygen atoms in total. The number of aryl methyl sites for hydroxylation is 2. The smallest absolute Gasteiger partial charge is 0.220 e. The minimum atomic E-state index is -0.275. The van der Waals surface area contributed by atoms with Crippen molar-refractivity contribution in [2.45, 2.75) is 52.7 Å². The molecule has 2 aromatic rings. The fraction of sp³-hybridized carbons (Fsp3) is 0.500. The van der Waals surface area contributed by atoms with Crippen molar-refractivity contribution in [3.63, 3.8) is 0 Å². The SMILES string of the molecule is Cc1cc(-c2c(F)cc(N3CCOC(C)C3)cc2CNC(=O)CC2CC2)cc(C)n1. The number of halogens is 1. The van der Waals surface area contributed by atoms with Crippen LogP contribution in [-0.2, 0) is 16.1 Å². The molecule has 4 rings (SSSR count). The molecule has 1 unspecified atom stereocenters. The first-order chi connectivity index (χ1) is 14.4. The quantitative estimate of drug-likeness (QED) is 0.776. The van der Waals surface area contributed by atoms with Crippen LogP contribution in [0.1, 0.15) is 43.1 Å². The highest BCUT2D eigenvalue weighted by molar-refractivity contribution is 5.78. The highest BCUT2D eigenvalue weighted by Crippen LogP contribution is 2.34. The largest absolute Gasteiger partial charge is 0.375 e. The molecule has 1 amide bonds. The summed E-state index contributed by atoms with van der Waals surface area (Å²) < 4.78 is 21.1. The van der Waals surface area contributed by atoms with Gasteiger partial charge < -0.3 is 15.0 Å². The molecule has 1 aliphatic carbocycles. The van der Waals surface area contributed by atoms with Crippen molar-refractivity contribution in [2.75, 3.05) is 24.6 Å². The van der Waals surface area contributed by atoms with E-state index in [1.807, 2.05) is 39.0 Å². The van der Waals surface area contributed by atoms with Crippen LogP contribution in [0.15, 0.2) is 24.3 Å². The topological polar surface area (TPSA) is 54.5 Å². The predicted octanol–water partition coefficient (Wildman–Crippen LogP) is 4.15. The predicted molar refractivity (Wildman–Crippen MR) is 116 cm³/mol. The molecular weight excluding hydrogens is 381 g/mol. The Labute approximate surface area is 177 Å². The second-order valence-corrected chi connectivity index (χ2v) is 8.65. The van der Waals surface area contributed by atoms with E-state index in [0.717, 1.165) is 54.1 Å². The lowest BCUT2D eigenvalue weighted by Gasteiger charge is -2.33. The van der Waals surface area contributed by atoms with E-state index < -0.39 is 0 Å². The van der Waals surface area contributed by atoms with Gasteiger partial charge in [-0.2, -0.15) is 0 Å². The molecule has 160 valence electrons. The van der Waals surface area contributed by atoms with Crippen LogP contribution in [0.25, 0.3) is 11.1 Å². The molecule has 1 N–H and O–H groups in total. The van der Waals surface area contributed by atoms with Gasteiger partial charge in [-0.15, -0.1) is 0 Å². The van der Waals surface area contributed by atoms with Gasteiger partial charge in [0.2, 0.25) is 5.91 Å². The molecule has 1 saturated heterocycles. The third kappa shape index (κ3) is 4.98. The zero-order chi connectivity index (χ0) is 21.3. The number of nitrogens with zero attached hydrogens (tertiary/aromatic N) is 2. The Bertz CT molecular complexity index is 922. The molecule has 2 heterocycles. The molecule has 30 heavy (non-hydrogen) atoms. The Hall–Kier alpha value is -2.47. The Morgan fingerprint density at radius 1 is 1.23 bits per heavy atom. The minimum Gasteiger partial charge on any atom is -0.375 e. The molecule has 2 fully saturated rings. The Balaban J connectivity index is 1.68. The van der Waals surface area contributed by atoms with Crippen molar-refractivity contribution in [1.82, 2.24) is 10.3 Å². The number of benzene rings is 1. The number of nitrogens with one attached hydrogen (secondary N) is 1. The number of anilines is 1. The molecule has 6 heteroatoms. The van der Waals surface area contributed by atoms with Gasteiger partial charge in [-0.3, -0.25) is 9.78 Å². The molecule has 1 aromatic heterocycles. The lowest BCUT2D eigenvalue weighted by molar-refractivity contribution is -0.121. The van der Waals surface area contributed by atoms with Crippen LogP contribution >= 0.6 is 0 Å². The monoisotopic (exact) mass is 411 g/mol.